The number of hydrogen-bond acceptors (Lipinski definition) is 5. The zero-order chi connectivity index (χ0) is 25.7. The van der Waals surface area contributed by atoms with Crippen LogP contribution in [-0.2, 0) is 31.5 Å². The van der Waals surface area contributed by atoms with Crippen LogP contribution in [0.2, 0.25) is 0 Å². The number of hydrogen-bond donors (Lipinski definition) is 1. The molecule has 1 saturated carbocycles. The van der Waals surface area contributed by atoms with Gasteiger partial charge in [0.15, 0.2) is 0 Å². The molecule has 2 unspecified atom stereocenters. The van der Waals surface area contributed by atoms with Gasteiger partial charge in [-0.05, 0) is 41.7 Å². The molecule has 194 valence electrons. The maximum atomic E-state index is 14.6. The number of sulfonamides is 1. The third-order valence-corrected chi connectivity index (χ3v) is 8.81. The van der Waals surface area contributed by atoms with Crippen molar-refractivity contribution in [3.05, 3.63) is 59.4 Å². The molecule has 0 radical (unpaired) electrons. The predicted octanol–water partition coefficient (Wildman–Crippen LogP) is 3.33. The number of nitrogens with one attached hydrogen (secondary N) is 1. The third kappa shape index (κ3) is 5.07. The van der Waals surface area contributed by atoms with Crippen LogP contribution in [0.3, 0.4) is 0 Å². The molecule has 2 aliphatic heterocycles. The number of ether oxygens (including phenoxy) is 1. The summed E-state index contributed by atoms with van der Waals surface area (Å²) in [6.45, 7) is 2.48. The Labute approximate surface area is 206 Å². The van der Waals surface area contributed by atoms with Gasteiger partial charge in [-0.15, -0.1) is 0 Å². The average Bonchev–Trinajstić information content (AvgIpc) is 3.32. The quantitative estimate of drug-likeness (QED) is 0.584. The summed E-state index contributed by atoms with van der Waals surface area (Å²) in [4.78, 5) is 14.6. The van der Waals surface area contributed by atoms with Crippen LogP contribution < -0.4 is 10.2 Å². The van der Waals surface area contributed by atoms with Gasteiger partial charge in [0.2, 0.25) is 15.9 Å². The van der Waals surface area contributed by atoms with Crippen molar-refractivity contribution in [2.45, 2.75) is 11.9 Å². The number of amides is 1. The number of carbonyl (C=O) groups excluding carboxylic acids is 1. The molecular formula is C24H25F4N3O4S. The predicted molar refractivity (Wildman–Crippen MR) is 124 cm³/mol. The molecule has 1 N–H and O–H groups in total. The SMILES string of the molecule is O=C(Nc1ccc(N2CCOCC2)c(F)c1)C1C2CN(S(=O)(=O)Cc3cccc(C(F)(F)F)c3)CC21. The highest BCUT2D eigenvalue weighted by molar-refractivity contribution is 7.88. The topological polar surface area (TPSA) is 79.0 Å². The molecule has 3 fully saturated rings. The lowest BCUT2D eigenvalue weighted by atomic mass is 10.1. The highest BCUT2D eigenvalue weighted by Gasteiger charge is 2.61. The number of piperidine rings is 1. The van der Waals surface area contributed by atoms with E-state index in [1.54, 1.807) is 12.1 Å². The van der Waals surface area contributed by atoms with Gasteiger partial charge in [-0.3, -0.25) is 4.79 Å². The second kappa shape index (κ2) is 9.31. The average molecular weight is 528 g/mol. The van der Waals surface area contributed by atoms with Gasteiger partial charge in [-0.2, -0.15) is 13.2 Å². The Balaban J connectivity index is 1.16. The largest absolute Gasteiger partial charge is 0.416 e. The molecular weight excluding hydrogens is 502 g/mol. The minimum absolute atomic E-state index is 0.0576. The van der Waals surface area contributed by atoms with E-state index < -0.39 is 33.3 Å². The second-order valence-electron chi connectivity index (χ2n) is 9.38. The Morgan fingerprint density at radius 3 is 2.39 bits per heavy atom. The zero-order valence-corrected chi connectivity index (χ0v) is 20.0. The Hall–Kier alpha value is -2.70. The molecule has 5 rings (SSSR count). The molecule has 0 aromatic heterocycles. The summed E-state index contributed by atoms with van der Waals surface area (Å²) in [5, 5.41) is 2.72. The summed E-state index contributed by atoms with van der Waals surface area (Å²) in [5.41, 5.74) is -0.0671. The van der Waals surface area contributed by atoms with Gasteiger partial charge in [0.1, 0.15) is 5.82 Å². The minimum Gasteiger partial charge on any atom is -0.378 e. The van der Waals surface area contributed by atoms with E-state index in [0.29, 0.717) is 37.7 Å². The first kappa shape index (κ1) is 25.0. The van der Waals surface area contributed by atoms with E-state index in [-0.39, 0.29) is 42.3 Å². The van der Waals surface area contributed by atoms with Crippen molar-refractivity contribution in [3.63, 3.8) is 0 Å². The number of morpholine rings is 1. The molecule has 1 aliphatic carbocycles. The fourth-order valence-electron chi connectivity index (χ4n) is 5.11. The number of anilines is 2. The van der Waals surface area contributed by atoms with Crippen LogP contribution in [0.4, 0.5) is 28.9 Å². The van der Waals surface area contributed by atoms with Crippen molar-refractivity contribution < 1.29 is 35.5 Å². The van der Waals surface area contributed by atoms with Gasteiger partial charge in [-0.1, -0.05) is 18.2 Å². The maximum Gasteiger partial charge on any atom is 0.416 e. The fraction of sp³-hybridized carbons (Fsp3) is 0.458. The van der Waals surface area contributed by atoms with Gasteiger partial charge in [0.25, 0.3) is 0 Å². The van der Waals surface area contributed by atoms with E-state index in [9.17, 15) is 30.8 Å². The molecule has 2 aromatic carbocycles. The lowest BCUT2D eigenvalue weighted by Gasteiger charge is -2.29. The van der Waals surface area contributed by atoms with Crippen molar-refractivity contribution in [2.24, 2.45) is 17.8 Å². The van der Waals surface area contributed by atoms with Crippen LogP contribution in [0.5, 0.6) is 0 Å². The van der Waals surface area contributed by atoms with E-state index in [1.165, 1.54) is 22.5 Å². The molecule has 12 heteroatoms. The van der Waals surface area contributed by atoms with Crippen molar-refractivity contribution in [1.82, 2.24) is 4.31 Å². The van der Waals surface area contributed by atoms with Gasteiger partial charge in [0.05, 0.1) is 30.2 Å². The van der Waals surface area contributed by atoms with Gasteiger partial charge < -0.3 is 15.0 Å². The lowest BCUT2D eigenvalue weighted by Crippen LogP contribution is -2.36. The maximum absolute atomic E-state index is 14.6. The molecule has 2 atom stereocenters. The van der Waals surface area contributed by atoms with Crippen LogP contribution >= 0.6 is 0 Å². The van der Waals surface area contributed by atoms with E-state index in [1.807, 2.05) is 4.90 Å². The zero-order valence-electron chi connectivity index (χ0n) is 19.2. The number of halogens is 4. The van der Waals surface area contributed by atoms with E-state index in [2.05, 4.69) is 5.32 Å². The molecule has 36 heavy (non-hydrogen) atoms. The summed E-state index contributed by atoms with van der Waals surface area (Å²) in [7, 11) is -3.84. The summed E-state index contributed by atoms with van der Waals surface area (Å²) in [5.74, 6) is -2.00. The summed E-state index contributed by atoms with van der Waals surface area (Å²) < 4.78 is 85.5. The standard InChI is InChI=1S/C24H25F4N3O4S/c25-20-11-17(4-5-21(20)30-6-8-35-9-7-30)29-23(32)22-18-12-31(13-19(18)22)36(33,34)14-15-2-1-3-16(10-15)24(26,27)28/h1-5,10-11,18-19,22H,6-9,12-14H2,(H,29,32). The number of carbonyl (C=O) groups is 1. The molecule has 0 bridgehead atoms. The van der Waals surface area contributed by atoms with Crippen LogP contribution in [0.25, 0.3) is 0 Å². The monoisotopic (exact) mass is 527 g/mol. The summed E-state index contributed by atoms with van der Waals surface area (Å²) in [6, 6.07) is 8.80. The summed E-state index contributed by atoms with van der Waals surface area (Å²) >= 11 is 0. The molecule has 2 heterocycles. The van der Waals surface area contributed by atoms with Crippen molar-refractivity contribution in [2.75, 3.05) is 49.6 Å². The van der Waals surface area contributed by atoms with Crippen molar-refractivity contribution >= 4 is 27.3 Å². The smallest absolute Gasteiger partial charge is 0.378 e. The van der Waals surface area contributed by atoms with E-state index >= 15 is 0 Å². The van der Waals surface area contributed by atoms with Crippen LogP contribution in [0.1, 0.15) is 11.1 Å². The molecule has 1 amide bonds. The van der Waals surface area contributed by atoms with Crippen LogP contribution in [0, 0.1) is 23.6 Å². The highest BCUT2D eigenvalue weighted by Crippen LogP contribution is 2.53. The van der Waals surface area contributed by atoms with E-state index in [0.717, 1.165) is 12.1 Å². The molecule has 2 saturated heterocycles. The molecule has 2 aromatic rings. The normalized spacial score (nSPS) is 24.4. The van der Waals surface area contributed by atoms with E-state index in [4.69, 9.17) is 4.74 Å². The van der Waals surface area contributed by atoms with Gasteiger partial charge >= 0.3 is 6.18 Å². The second-order valence-corrected chi connectivity index (χ2v) is 11.3. The Morgan fingerprint density at radius 2 is 1.75 bits per heavy atom. The Kier molecular flexibility index (Phi) is 6.46. The minimum atomic E-state index is -4.55. The molecule has 3 aliphatic rings. The van der Waals surface area contributed by atoms with Gasteiger partial charge in [-0.25, -0.2) is 17.1 Å². The molecule has 7 nitrogen and oxygen atoms in total. The first-order chi connectivity index (χ1) is 17.0. The van der Waals surface area contributed by atoms with Gasteiger partial charge in [0, 0.05) is 37.8 Å². The lowest BCUT2D eigenvalue weighted by molar-refractivity contribution is -0.137. The Bertz CT molecular complexity index is 1250. The number of rotatable bonds is 6. The number of alkyl halides is 3. The van der Waals surface area contributed by atoms with Crippen LogP contribution in [0.15, 0.2) is 42.5 Å². The first-order valence-corrected chi connectivity index (χ1v) is 13.2. The number of nitrogens with zero attached hydrogens (tertiary/aromatic N) is 2. The van der Waals surface area contributed by atoms with Crippen molar-refractivity contribution in [3.8, 4) is 0 Å². The Morgan fingerprint density at radius 1 is 1.06 bits per heavy atom. The first-order valence-electron chi connectivity index (χ1n) is 11.6. The number of fused-ring (bicyclic) bond motifs is 1. The molecule has 0 spiro atoms. The van der Waals surface area contributed by atoms with Crippen LogP contribution in [-0.4, -0.2) is 58.0 Å². The fourth-order valence-corrected chi connectivity index (χ4v) is 6.70. The summed E-state index contributed by atoms with van der Waals surface area (Å²) in [6.07, 6.45) is -4.55. The van der Waals surface area contributed by atoms with Crippen molar-refractivity contribution in [1.29, 1.82) is 0 Å². The third-order valence-electron chi connectivity index (χ3n) is 7.03. The highest BCUT2D eigenvalue weighted by atomic mass is 32.2. The number of benzene rings is 2.